The summed E-state index contributed by atoms with van der Waals surface area (Å²) in [4.78, 5) is 12.4. The van der Waals surface area contributed by atoms with Crippen molar-refractivity contribution in [3.8, 4) is 0 Å². The molecule has 3 nitrogen and oxygen atoms in total. The fourth-order valence-electron chi connectivity index (χ4n) is 0.821. The first kappa shape index (κ1) is 8.43. The van der Waals surface area contributed by atoms with Crippen LogP contribution in [0.3, 0.4) is 0 Å². The van der Waals surface area contributed by atoms with Gasteiger partial charge in [-0.25, -0.2) is 0 Å². The fraction of sp³-hybridized carbons (Fsp3) is 0.833. The Hall–Kier alpha value is -0.570. The highest BCUT2D eigenvalue weighted by atomic mass is 16.1. The maximum Gasteiger partial charge on any atom is 0.234 e. The molecule has 0 aliphatic heterocycles. The van der Waals surface area contributed by atoms with Crippen LogP contribution in [0, 0.1) is 0 Å². The van der Waals surface area contributed by atoms with Gasteiger partial charge in [-0.1, -0.05) is 6.92 Å². The summed E-state index contributed by atoms with van der Waals surface area (Å²) in [6.45, 7) is 1.94. The van der Waals surface area contributed by atoms with Gasteiger partial charge in [0.05, 0.1) is 6.04 Å². The molecule has 0 aliphatic rings. The standard InChI is InChI=1S/C6H14N2O/c1-4-5(6(7)9)8(2)3/h5H,4H2,1-3H3,(H2,7,9)/t5-/m1/s1. The van der Waals surface area contributed by atoms with Gasteiger partial charge in [0.15, 0.2) is 0 Å². The van der Waals surface area contributed by atoms with Crippen molar-refractivity contribution in [3.05, 3.63) is 0 Å². The highest BCUT2D eigenvalue weighted by Crippen LogP contribution is 1.95. The minimum Gasteiger partial charge on any atom is -0.368 e. The Morgan fingerprint density at radius 3 is 2.11 bits per heavy atom. The molecule has 9 heavy (non-hydrogen) atoms. The Morgan fingerprint density at radius 1 is 1.67 bits per heavy atom. The third-order valence-electron chi connectivity index (χ3n) is 1.34. The van der Waals surface area contributed by atoms with Gasteiger partial charge in [0.2, 0.25) is 5.91 Å². The second kappa shape index (κ2) is 3.45. The topological polar surface area (TPSA) is 46.3 Å². The average molecular weight is 130 g/mol. The number of primary amides is 1. The number of nitrogens with zero attached hydrogens (tertiary/aromatic N) is 1. The largest absolute Gasteiger partial charge is 0.368 e. The first-order valence-electron chi connectivity index (χ1n) is 3.05. The molecule has 0 aromatic rings. The van der Waals surface area contributed by atoms with E-state index in [-0.39, 0.29) is 11.9 Å². The zero-order valence-corrected chi connectivity index (χ0v) is 6.22. The predicted molar refractivity (Wildman–Crippen MR) is 37.0 cm³/mol. The van der Waals surface area contributed by atoms with Gasteiger partial charge in [-0.3, -0.25) is 9.69 Å². The van der Waals surface area contributed by atoms with E-state index in [1.54, 1.807) is 0 Å². The Morgan fingerprint density at radius 2 is 2.11 bits per heavy atom. The summed E-state index contributed by atoms with van der Waals surface area (Å²) in [6.07, 6.45) is 0.780. The lowest BCUT2D eigenvalue weighted by atomic mass is 10.2. The van der Waals surface area contributed by atoms with Crippen molar-refractivity contribution < 1.29 is 4.79 Å². The van der Waals surface area contributed by atoms with Crippen LogP contribution in [0.2, 0.25) is 0 Å². The van der Waals surface area contributed by atoms with Crippen molar-refractivity contribution in [3.63, 3.8) is 0 Å². The maximum absolute atomic E-state index is 10.6. The number of likely N-dealkylation sites (N-methyl/N-ethyl adjacent to an activating group) is 1. The van der Waals surface area contributed by atoms with Crippen molar-refractivity contribution in [2.45, 2.75) is 19.4 Å². The van der Waals surface area contributed by atoms with Crippen molar-refractivity contribution in [1.82, 2.24) is 4.90 Å². The zero-order valence-electron chi connectivity index (χ0n) is 6.22. The van der Waals surface area contributed by atoms with Gasteiger partial charge >= 0.3 is 0 Å². The fourth-order valence-corrected chi connectivity index (χ4v) is 0.821. The van der Waals surface area contributed by atoms with E-state index in [4.69, 9.17) is 5.73 Å². The molecule has 0 bridgehead atoms. The molecule has 0 aliphatic carbocycles. The number of nitrogens with two attached hydrogens (primary N) is 1. The number of rotatable bonds is 3. The van der Waals surface area contributed by atoms with Gasteiger partial charge in [0.25, 0.3) is 0 Å². The van der Waals surface area contributed by atoms with Crippen LogP contribution in [0.15, 0.2) is 0 Å². The molecular weight excluding hydrogens is 116 g/mol. The normalized spacial score (nSPS) is 13.8. The lowest BCUT2D eigenvalue weighted by Crippen LogP contribution is -2.39. The Balaban J connectivity index is 3.83. The maximum atomic E-state index is 10.6. The number of carbonyl (C=O) groups is 1. The smallest absolute Gasteiger partial charge is 0.234 e. The Labute approximate surface area is 55.8 Å². The summed E-state index contributed by atoms with van der Waals surface area (Å²) < 4.78 is 0. The third kappa shape index (κ3) is 2.46. The number of carbonyl (C=O) groups excluding carboxylic acids is 1. The SMILES string of the molecule is CC[C@H](C(N)=O)N(C)C. The lowest BCUT2D eigenvalue weighted by molar-refractivity contribution is -0.122. The number of hydrogen-bond acceptors (Lipinski definition) is 2. The second-order valence-corrected chi connectivity index (χ2v) is 2.29. The predicted octanol–water partition coefficient (Wildman–Crippen LogP) is -0.188. The molecule has 0 spiro atoms. The lowest BCUT2D eigenvalue weighted by Gasteiger charge is -2.18. The molecule has 0 fully saturated rings. The first-order valence-corrected chi connectivity index (χ1v) is 3.05. The number of hydrogen-bond donors (Lipinski definition) is 1. The van der Waals surface area contributed by atoms with Crippen LogP contribution in [0.4, 0.5) is 0 Å². The van der Waals surface area contributed by atoms with E-state index < -0.39 is 0 Å². The van der Waals surface area contributed by atoms with E-state index >= 15 is 0 Å². The van der Waals surface area contributed by atoms with Gasteiger partial charge in [0.1, 0.15) is 0 Å². The monoisotopic (exact) mass is 130 g/mol. The molecule has 54 valence electrons. The van der Waals surface area contributed by atoms with Crippen LogP contribution < -0.4 is 5.73 Å². The van der Waals surface area contributed by atoms with Crippen LogP contribution >= 0.6 is 0 Å². The zero-order chi connectivity index (χ0) is 7.44. The van der Waals surface area contributed by atoms with E-state index in [0.717, 1.165) is 6.42 Å². The van der Waals surface area contributed by atoms with E-state index in [1.807, 2.05) is 25.9 Å². The van der Waals surface area contributed by atoms with Gasteiger partial charge in [-0.2, -0.15) is 0 Å². The Kier molecular flexibility index (Phi) is 3.24. The molecule has 0 heterocycles. The van der Waals surface area contributed by atoms with Gasteiger partial charge < -0.3 is 5.73 Å². The summed E-state index contributed by atoms with van der Waals surface area (Å²) in [5.74, 6) is -0.248. The molecule has 0 saturated carbocycles. The van der Waals surface area contributed by atoms with Crippen molar-refractivity contribution in [2.75, 3.05) is 14.1 Å². The van der Waals surface area contributed by atoms with Crippen LogP contribution in [-0.2, 0) is 4.79 Å². The van der Waals surface area contributed by atoms with Gasteiger partial charge in [-0.05, 0) is 20.5 Å². The first-order chi connectivity index (χ1) is 4.09. The van der Waals surface area contributed by atoms with Crippen LogP contribution in [0.25, 0.3) is 0 Å². The molecule has 0 radical (unpaired) electrons. The second-order valence-electron chi connectivity index (χ2n) is 2.29. The summed E-state index contributed by atoms with van der Waals surface area (Å²) in [7, 11) is 3.69. The van der Waals surface area contributed by atoms with Crippen molar-refractivity contribution >= 4 is 5.91 Å². The van der Waals surface area contributed by atoms with Gasteiger partial charge in [0, 0.05) is 0 Å². The average Bonchev–Trinajstić information content (AvgIpc) is 1.64. The van der Waals surface area contributed by atoms with Gasteiger partial charge in [-0.15, -0.1) is 0 Å². The highest BCUT2D eigenvalue weighted by molar-refractivity contribution is 5.79. The van der Waals surface area contributed by atoms with Crippen LogP contribution in [0.1, 0.15) is 13.3 Å². The molecule has 0 unspecified atom stereocenters. The summed E-state index contributed by atoms with van der Waals surface area (Å²) in [5.41, 5.74) is 5.07. The molecule has 0 aromatic carbocycles. The molecule has 1 atom stereocenters. The highest BCUT2D eigenvalue weighted by Gasteiger charge is 2.13. The minimum atomic E-state index is -0.248. The van der Waals surface area contributed by atoms with Crippen LogP contribution in [-0.4, -0.2) is 30.9 Å². The van der Waals surface area contributed by atoms with E-state index in [9.17, 15) is 4.79 Å². The third-order valence-corrected chi connectivity index (χ3v) is 1.34. The minimum absolute atomic E-state index is 0.106. The molecular formula is C6H14N2O. The van der Waals surface area contributed by atoms with Crippen molar-refractivity contribution in [2.24, 2.45) is 5.73 Å². The summed E-state index contributed by atoms with van der Waals surface area (Å²) in [6, 6.07) is -0.106. The van der Waals surface area contributed by atoms with Crippen molar-refractivity contribution in [1.29, 1.82) is 0 Å². The molecule has 1 amide bonds. The van der Waals surface area contributed by atoms with E-state index in [2.05, 4.69) is 0 Å². The molecule has 3 heteroatoms. The molecule has 2 N–H and O–H groups in total. The van der Waals surface area contributed by atoms with E-state index in [0.29, 0.717) is 0 Å². The van der Waals surface area contributed by atoms with Crippen LogP contribution in [0.5, 0.6) is 0 Å². The van der Waals surface area contributed by atoms with E-state index in [1.165, 1.54) is 0 Å². The molecule has 0 rings (SSSR count). The Bertz CT molecular complexity index is 101. The molecule has 0 saturated heterocycles. The quantitative estimate of drug-likeness (QED) is 0.575. The summed E-state index contributed by atoms with van der Waals surface area (Å²) in [5, 5.41) is 0. The molecule has 0 aromatic heterocycles. The number of amides is 1. The summed E-state index contributed by atoms with van der Waals surface area (Å²) >= 11 is 0.